The van der Waals surface area contributed by atoms with E-state index in [0.717, 1.165) is 29.7 Å². The predicted molar refractivity (Wildman–Crippen MR) is 124 cm³/mol. The highest BCUT2D eigenvalue weighted by Crippen LogP contribution is 2.34. The number of aryl methyl sites for hydroxylation is 1. The summed E-state index contributed by atoms with van der Waals surface area (Å²) in [6.07, 6.45) is 2.93. The Balaban J connectivity index is 1.61. The lowest BCUT2D eigenvalue weighted by Gasteiger charge is -2.34. The van der Waals surface area contributed by atoms with Crippen molar-refractivity contribution in [3.63, 3.8) is 0 Å². The van der Waals surface area contributed by atoms with E-state index < -0.39 is 12.1 Å². The van der Waals surface area contributed by atoms with E-state index in [-0.39, 0.29) is 24.2 Å². The number of nitrogens with zero attached hydrogens (tertiary/aromatic N) is 3. The molecule has 1 fully saturated rings. The lowest BCUT2D eigenvalue weighted by Crippen LogP contribution is -2.49. The Kier molecular flexibility index (Phi) is 7.18. The molecule has 1 saturated heterocycles. The molecule has 7 heteroatoms. The maximum absolute atomic E-state index is 14.7. The molecular weight excluding hydrogens is 421 g/mol. The molecule has 1 amide bonds. The van der Waals surface area contributed by atoms with E-state index in [0.29, 0.717) is 31.6 Å². The average molecular weight is 452 g/mol. The van der Waals surface area contributed by atoms with E-state index in [1.54, 1.807) is 25.1 Å². The number of benzene rings is 2. The van der Waals surface area contributed by atoms with Gasteiger partial charge in [-0.15, -0.1) is 0 Å². The highest BCUT2D eigenvalue weighted by atomic mass is 19.1. The van der Waals surface area contributed by atoms with Crippen LogP contribution >= 0.6 is 0 Å². The van der Waals surface area contributed by atoms with Crippen LogP contribution in [0.15, 0.2) is 53.6 Å². The quantitative estimate of drug-likeness (QED) is 0.617. The molecule has 0 bridgehead atoms. The number of carbonyl (C=O) groups excluding carboxylic acids is 2. The third-order valence-corrected chi connectivity index (χ3v) is 6.29. The Morgan fingerprint density at radius 2 is 1.97 bits per heavy atom. The minimum Gasteiger partial charge on any atom is -0.465 e. The third-order valence-electron chi connectivity index (χ3n) is 6.29. The van der Waals surface area contributed by atoms with Crippen LogP contribution < -0.4 is 0 Å². The Labute approximate surface area is 194 Å². The van der Waals surface area contributed by atoms with Crippen LogP contribution in [-0.4, -0.2) is 53.2 Å². The van der Waals surface area contributed by atoms with Crippen molar-refractivity contribution >= 4 is 17.6 Å². The van der Waals surface area contributed by atoms with Crippen LogP contribution in [0.4, 0.5) is 4.39 Å². The highest BCUT2D eigenvalue weighted by molar-refractivity contribution is 6.03. The first-order chi connectivity index (χ1) is 16.0. The van der Waals surface area contributed by atoms with Gasteiger partial charge in [0.25, 0.3) is 5.91 Å². The van der Waals surface area contributed by atoms with Crippen molar-refractivity contribution < 1.29 is 18.7 Å². The summed E-state index contributed by atoms with van der Waals surface area (Å²) < 4.78 is 20.0. The summed E-state index contributed by atoms with van der Waals surface area (Å²) in [5, 5.41) is 6.07. The SMILES string of the molecule is CCOC(=O)[C@H]1CCCCN1CC(=O)N1N=C(c2cccc(C)c2)C[C@H]1c1ccccc1F. The van der Waals surface area contributed by atoms with Gasteiger partial charge in [-0.2, -0.15) is 5.10 Å². The van der Waals surface area contributed by atoms with Crippen LogP contribution in [-0.2, 0) is 14.3 Å². The molecule has 0 unspecified atom stereocenters. The fourth-order valence-electron chi connectivity index (χ4n) is 4.66. The maximum atomic E-state index is 14.7. The van der Waals surface area contributed by atoms with E-state index in [4.69, 9.17) is 4.74 Å². The number of hydrazone groups is 1. The van der Waals surface area contributed by atoms with Gasteiger partial charge in [0.2, 0.25) is 0 Å². The molecular formula is C26H30FN3O3. The molecule has 0 aromatic heterocycles. The number of esters is 1. The molecule has 2 aliphatic heterocycles. The summed E-state index contributed by atoms with van der Waals surface area (Å²) in [7, 11) is 0. The molecule has 0 spiro atoms. The van der Waals surface area contributed by atoms with Crippen molar-refractivity contribution in [1.29, 1.82) is 0 Å². The van der Waals surface area contributed by atoms with Crippen molar-refractivity contribution in [3.8, 4) is 0 Å². The van der Waals surface area contributed by atoms with E-state index >= 15 is 0 Å². The van der Waals surface area contributed by atoms with Gasteiger partial charge in [-0.05, 0) is 44.9 Å². The topological polar surface area (TPSA) is 62.2 Å². The summed E-state index contributed by atoms with van der Waals surface area (Å²) in [5.74, 6) is -0.897. The normalized spacial score (nSPS) is 21.1. The van der Waals surface area contributed by atoms with Gasteiger partial charge < -0.3 is 4.74 Å². The van der Waals surface area contributed by atoms with E-state index in [2.05, 4.69) is 5.10 Å². The molecule has 0 N–H and O–H groups in total. The zero-order chi connectivity index (χ0) is 23.4. The molecule has 2 aromatic rings. The number of rotatable bonds is 6. The van der Waals surface area contributed by atoms with E-state index in [1.165, 1.54) is 11.1 Å². The first-order valence-corrected chi connectivity index (χ1v) is 11.6. The van der Waals surface area contributed by atoms with Crippen LogP contribution in [0.25, 0.3) is 0 Å². The molecule has 2 aliphatic rings. The van der Waals surface area contributed by atoms with Crippen LogP contribution in [0.2, 0.25) is 0 Å². The largest absolute Gasteiger partial charge is 0.465 e. The Bertz CT molecular complexity index is 1050. The van der Waals surface area contributed by atoms with Gasteiger partial charge in [-0.25, -0.2) is 9.40 Å². The van der Waals surface area contributed by atoms with Crippen LogP contribution in [0, 0.1) is 12.7 Å². The van der Waals surface area contributed by atoms with Crippen molar-refractivity contribution in [2.45, 2.75) is 51.6 Å². The second-order valence-electron chi connectivity index (χ2n) is 8.63. The van der Waals surface area contributed by atoms with Crippen LogP contribution in [0.5, 0.6) is 0 Å². The predicted octanol–water partition coefficient (Wildman–Crippen LogP) is 4.23. The molecule has 0 saturated carbocycles. The standard InChI is InChI=1S/C26H30FN3O3/c1-3-33-26(32)23-13-6-7-14-29(23)17-25(31)30-24(20-11-4-5-12-21(20)27)16-22(28-30)19-10-8-9-18(2)15-19/h4-5,8-12,15,23-24H,3,6-7,13-14,16-17H2,1-2H3/t23-,24+/m1/s1. The fourth-order valence-corrected chi connectivity index (χ4v) is 4.66. The fraction of sp³-hybridized carbons (Fsp3) is 0.423. The number of ether oxygens (including phenoxy) is 1. The molecule has 4 rings (SSSR count). The maximum Gasteiger partial charge on any atom is 0.323 e. The second-order valence-corrected chi connectivity index (χ2v) is 8.63. The van der Waals surface area contributed by atoms with Gasteiger partial charge in [0, 0.05) is 12.0 Å². The number of likely N-dealkylation sites (tertiary alicyclic amines) is 1. The third kappa shape index (κ3) is 5.14. The Morgan fingerprint density at radius 1 is 1.15 bits per heavy atom. The number of carbonyl (C=O) groups is 2. The molecule has 174 valence electrons. The van der Waals surface area contributed by atoms with Crippen molar-refractivity contribution in [2.24, 2.45) is 5.10 Å². The average Bonchev–Trinajstić information content (AvgIpc) is 3.25. The summed E-state index contributed by atoms with van der Waals surface area (Å²) in [5.41, 5.74) is 3.21. The number of amides is 1. The molecule has 33 heavy (non-hydrogen) atoms. The smallest absolute Gasteiger partial charge is 0.323 e. The van der Waals surface area contributed by atoms with Gasteiger partial charge in [0.15, 0.2) is 0 Å². The zero-order valence-corrected chi connectivity index (χ0v) is 19.2. The number of halogens is 1. The summed E-state index contributed by atoms with van der Waals surface area (Å²) in [4.78, 5) is 27.8. The van der Waals surface area contributed by atoms with Crippen LogP contribution in [0.1, 0.15) is 55.3 Å². The molecule has 2 aromatic carbocycles. The lowest BCUT2D eigenvalue weighted by molar-refractivity contribution is -0.152. The summed E-state index contributed by atoms with van der Waals surface area (Å²) in [6.45, 7) is 4.77. The van der Waals surface area contributed by atoms with Gasteiger partial charge in [0.05, 0.1) is 24.9 Å². The van der Waals surface area contributed by atoms with Gasteiger partial charge in [-0.3, -0.25) is 14.5 Å². The van der Waals surface area contributed by atoms with E-state index in [1.807, 2.05) is 36.1 Å². The first kappa shape index (κ1) is 23.1. The van der Waals surface area contributed by atoms with Gasteiger partial charge in [0.1, 0.15) is 11.9 Å². The lowest BCUT2D eigenvalue weighted by atomic mass is 9.97. The minimum absolute atomic E-state index is 0.0407. The van der Waals surface area contributed by atoms with Crippen molar-refractivity contribution in [2.75, 3.05) is 19.7 Å². The van der Waals surface area contributed by atoms with Gasteiger partial charge >= 0.3 is 5.97 Å². The number of hydrogen-bond acceptors (Lipinski definition) is 5. The second kappa shape index (κ2) is 10.3. The zero-order valence-electron chi connectivity index (χ0n) is 19.2. The molecule has 6 nitrogen and oxygen atoms in total. The Hall–Kier alpha value is -3.06. The van der Waals surface area contributed by atoms with Crippen LogP contribution in [0.3, 0.4) is 0 Å². The molecule has 2 atom stereocenters. The Morgan fingerprint density at radius 3 is 2.73 bits per heavy atom. The summed E-state index contributed by atoms with van der Waals surface area (Å²) >= 11 is 0. The van der Waals surface area contributed by atoms with Gasteiger partial charge in [-0.1, -0.05) is 54.4 Å². The molecule has 2 heterocycles. The minimum atomic E-state index is -0.528. The highest BCUT2D eigenvalue weighted by Gasteiger charge is 2.37. The van der Waals surface area contributed by atoms with Crippen molar-refractivity contribution in [1.82, 2.24) is 9.91 Å². The first-order valence-electron chi connectivity index (χ1n) is 11.6. The number of hydrogen-bond donors (Lipinski definition) is 0. The monoisotopic (exact) mass is 451 g/mol. The molecule has 0 radical (unpaired) electrons. The summed E-state index contributed by atoms with van der Waals surface area (Å²) in [6, 6.07) is 13.5. The number of piperidine rings is 1. The van der Waals surface area contributed by atoms with E-state index in [9.17, 15) is 14.0 Å². The van der Waals surface area contributed by atoms with Crippen molar-refractivity contribution in [3.05, 3.63) is 71.0 Å². The molecule has 0 aliphatic carbocycles.